The van der Waals surface area contributed by atoms with Gasteiger partial charge >= 0.3 is 5.97 Å². The van der Waals surface area contributed by atoms with Crippen LogP contribution in [0.3, 0.4) is 0 Å². The molecule has 2 rings (SSSR count). The molecule has 5 nitrogen and oxygen atoms in total. The predicted molar refractivity (Wildman–Crippen MR) is 87.7 cm³/mol. The van der Waals surface area contributed by atoms with Gasteiger partial charge in [-0.15, -0.1) is 0 Å². The largest absolute Gasteiger partial charge is 0.469 e. The summed E-state index contributed by atoms with van der Waals surface area (Å²) in [5, 5.41) is 3.30. The molecule has 0 amide bonds. The smallest absolute Gasteiger partial charge is 0.310 e. The summed E-state index contributed by atoms with van der Waals surface area (Å²) < 4.78 is 17.7. The predicted octanol–water partition coefficient (Wildman–Crippen LogP) is 1.68. The summed E-state index contributed by atoms with van der Waals surface area (Å²) in [6, 6.07) is 6.50. The third-order valence-corrected chi connectivity index (χ3v) is 4.24. The van der Waals surface area contributed by atoms with Gasteiger partial charge in [-0.25, -0.2) is 4.39 Å². The summed E-state index contributed by atoms with van der Waals surface area (Å²) in [5.41, 5.74) is 1.07. The Morgan fingerprint density at radius 1 is 1.39 bits per heavy atom. The monoisotopic (exact) mass is 321 g/mol. The molecule has 1 aromatic rings. The van der Waals surface area contributed by atoms with Crippen LogP contribution >= 0.6 is 0 Å². The minimum Gasteiger partial charge on any atom is -0.469 e. The van der Waals surface area contributed by atoms with Gasteiger partial charge < -0.3 is 15.0 Å². The van der Waals surface area contributed by atoms with E-state index >= 15 is 0 Å². The second kappa shape index (κ2) is 7.94. The Bertz CT molecular complexity index is 559. The molecule has 1 saturated heterocycles. The van der Waals surface area contributed by atoms with Gasteiger partial charge in [0.15, 0.2) is 5.96 Å². The molecule has 2 atom stereocenters. The summed E-state index contributed by atoms with van der Waals surface area (Å²) in [7, 11) is 3.16. The van der Waals surface area contributed by atoms with Gasteiger partial charge in [-0.05, 0) is 30.0 Å². The second-order valence-electron chi connectivity index (χ2n) is 5.86. The van der Waals surface area contributed by atoms with E-state index in [2.05, 4.69) is 15.2 Å². The number of nitrogens with one attached hydrogen (secondary N) is 1. The first-order valence-corrected chi connectivity index (χ1v) is 7.83. The van der Waals surface area contributed by atoms with Crippen LogP contribution in [0.25, 0.3) is 0 Å². The van der Waals surface area contributed by atoms with Crippen molar-refractivity contribution in [1.82, 2.24) is 10.2 Å². The van der Waals surface area contributed by atoms with Crippen LogP contribution in [0.1, 0.15) is 12.5 Å². The molecule has 0 spiro atoms. The molecule has 0 aromatic heterocycles. The maximum atomic E-state index is 12.9. The molecule has 6 heteroatoms. The fourth-order valence-electron chi connectivity index (χ4n) is 2.90. The number of carbonyl (C=O) groups is 1. The number of guanidine groups is 1. The summed E-state index contributed by atoms with van der Waals surface area (Å²) in [6.45, 7) is 4.14. The minimum atomic E-state index is -0.225. The first-order chi connectivity index (χ1) is 11.0. The highest BCUT2D eigenvalue weighted by atomic mass is 19.1. The highest BCUT2D eigenvalue weighted by Crippen LogP contribution is 2.24. The van der Waals surface area contributed by atoms with Crippen LogP contribution in [0.2, 0.25) is 0 Å². The lowest BCUT2D eigenvalue weighted by Crippen LogP contribution is -2.41. The topological polar surface area (TPSA) is 53.9 Å². The van der Waals surface area contributed by atoms with Gasteiger partial charge in [0.2, 0.25) is 0 Å². The van der Waals surface area contributed by atoms with Gasteiger partial charge in [0.05, 0.1) is 13.0 Å². The van der Waals surface area contributed by atoms with E-state index in [1.54, 1.807) is 19.2 Å². The Kier molecular flexibility index (Phi) is 5.96. The molecule has 126 valence electrons. The fourth-order valence-corrected chi connectivity index (χ4v) is 2.90. The van der Waals surface area contributed by atoms with E-state index in [-0.39, 0.29) is 23.6 Å². The molecule has 0 radical (unpaired) electrons. The van der Waals surface area contributed by atoms with E-state index in [9.17, 15) is 9.18 Å². The normalized spacial score (nSPS) is 21.4. The van der Waals surface area contributed by atoms with E-state index in [0.29, 0.717) is 13.1 Å². The van der Waals surface area contributed by atoms with Gasteiger partial charge in [-0.3, -0.25) is 9.79 Å². The number of esters is 1. The molecule has 0 bridgehead atoms. The third-order valence-electron chi connectivity index (χ3n) is 4.24. The summed E-state index contributed by atoms with van der Waals surface area (Å²) in [5.74, 6) is 0.512. The van der Waals surface area contributed by atoms with Crippen molar-refractivity contribution in [1.29, 1.82) is 0 Å². The van der Waals surface area contributed by atoms with E-state index in [1.165, 1.54) is 19.2 Å². The lowest BCUT2D eigenvalue weighted by molar-refractivity contribution is -0.145. The SMILES string of the molecule is CN=C(NCCc1ccc(F)cc1)N1CC(C)C(C(=O)OC)C1. The maximum Gasteiger partial charge on any atom is 0.310 e. The Balaban J connectivity index is 1.86. The molecule has 0 saturated carbocycles. The van der Waals surface area contributed by atoms with Gasteiger partial charge in [-0.2, -0.15) is 0 Å². The molecule has 1 aliphatic heterocycles. The van der Waals surface area contributed by atoms with Crippen LogP contribution in [0.15, 0.2) is 29.3 Å². The van der Waals surface area contributed by atoms with E-state index in [4.69, 9.17) is 4.74 Å². The van der Waals surface area contributed by atoms with Crippen molar-refractivity contribution in [3.63, 3.8) is 0 Å². The van der Waals surface area contributed by atoms with Crippen molar-refractivity contribution in [2.45, 2.75) is 13.3 Å². The van der Waals surface area contributed by atoms with Crippen LogP contribution in [0.4, 0.5) is 4.39 Å². The number of likely N-dealkylation sites (tertiary alicyclic amines) is 1. The average Bonchev–Trinajstić information content (AvgIpc) is 2.94. The van der Waals surface area contributed by atoms with Crippen LogP contribution in [0, 0.1) is 17.7 Å². The van der Waals surface area contributed by atoms with Crippen LogP contribution in [0.5, 0.6) is 0 Å². The van der Waals surface area contributed by atoms with Crippen molar-refractivity contribution in [3.05, 3.63) is 35.6 Å². The highest BCUT2D eigenvalue weighted by molar-refractivity contribution is 5.82. The van der Waals surface area contributed by atoms with Crippen LogP contribution < -0.4 is 5.32 Å². The number of nitrogens with zero attached hydrogens (tertiary/aromatic N) is 2. The minimum absolute atomic E-state index is 0.115. The molecule has 2 unspecified atom stereocenters. The van der Waals surface area contributed by atoms with E-state index in [1.807, 2.05) is 6.92 Å². The zero-order chi connectivity index (χ0) is 16.8. The lowest BCUT2D eigenvalue weighted by Gasteiger charge is -2.21. The number of benzene rings is 1. The molecule has 1 aromatic carbocycles. The number of halogens is 1. The number of aliphatic imine (C=N–C) groups is 1. The average molecular weight is 321 g/mol. The molecular weight excluding hydrogens is 297 g/mol. The maximum absolute atomic E-state index is 12.9. The summed E-state index contributed by atoms with van der Waals surface area (Å²) in [4.78, 5) is 18.1. The van der Waals surface area contributed by atoms with E-state index in [0.717, 1.165) is 24.5 Å². The van der Waals surface area contributed by atoms with Crippen molar-refractivity contribution in [2.75, 3.05) is 33.8 Å². The zero-order valence-electron chi connectivity index (χ0n) is 13.9. The molecule has 1 heterocycles. The Morgan fingerprint density at radius 2 is 2.09 bits per heavy atom. The first-order valence-electron chi connectivity index (χ1n) is 7.83. The lowest BCUT2D eigenvalue weighted by atomic mass is 9.99. The number of hydrogen-bond acceptors (Lipinski definition) is 3. The standard InChI is InChI=1S/C17H24FN3O2/c1-12-10-21(11-15(12)16(22)23-3)17(19-2)20-9-8-13-4-6-14(18)7-5-13/h4-7,12,15H,8-11H2,1-3H3,(H,19,20). The Morgan fingerprint density at radius 3 is 2.70 bits per heavy atom. The molecule has 0 aliphatic carbocycles. The number of hydrogen-bond donors (Lipinski definition) is 1. The molecule has 1 N–H and O–H groups in total. The van der Waals surface area contributed by atoms with Gasteiger partial charge in [0, 0.05) is 26.7 Å². The number of carbonyl (C=O) groups excluding carboxylic acids is 1. The number of methoxy groups -OCH3 is 1. The van der Waals surface area contributed by atoms with Gasteiger partial charge in [-0.1, -0.05) is 19.1 Å². The van der Waals surface area contributed by atoms with Crippen molar-refractivity contribution >= 4 is 11.9 Å². The third kappa shape index (κ3) is 4.43. The molecule has 1 fully saturated rings. The second-order valence-corrected chi connectivity index (χ2v) is 5.86. The van der Waals surface area contributed by atoms with Crippen molar-refractivity contribution < 1.29 is 13.9 Å². The summed E-state index contributed by atoms with van der Waals surface area (Å²) in [6.07, 6.45) is 0.781. The summed E-state index contributed by atoms with van der Waals surface area (Å²) >= 11 is 0. The van der Waals surface area contributed by atoms with Crippen molar-refractivity contribution in [3.8, 4) is 0 Å². The highest BCUT2D eigenvalue weighted by Gasteiger charge is 2.36. The molecule has 23 heavy (non-hydrogen) atoms. The Labute approximate surface area is 136 Å². The zero-order valence-corrected chi connectivity index (χ0v) is 13.9. The van der Waals surface area contributed by atoms with Gasteiger partial charge in [0.1, 0.15) is 5.82 Å². The van der Waals surface area contributed by atoms with E-state index < -0.39 is 0 Å². The van der Waals surface area contributed by atoms with Crippen LogP contribution in [-0.4, -0.2) is 50.6 Å². The first kappa shape index (κ1) is 17.2. The molecular formula is C17H24FN3O2. The van der Waals surface area contributed by atoms with Gasteiger partial charge in [0.25, 0.3) is 0 Å². The quantitative estimate of drug-likeness (QED) is 0.521. The Hall–Kier alpha value is -2.11. The van der Waals surface area contributed by atoms with Crippen LogP contribution in [-0.2, 0) is 16.0 Å². The van der Waals surface area contributed by atoms with Crippen molar-refractivity contribution in [2.24, 2.45) is 16.8 Å². The fraction of sp³-hybridized carbons (Fsp3) is 0.529. The number of rotatable bonds is 4. The molecule has 1 aliphatic rings. The number of ether oxygens (including phenoxy) is 1.